The number of urea groups is 1. The molecular weight excluding hydrogens is 362 g/mol. The van der Waals surface area contributed by atoms with Crippen LogP contribution in [-0.2, 0) is 22.9 Å². The largest absolute Gasteiger partial charge is 0.333 e. The molecule has 2 aromatic rings. The molecule has 4 N–H and O–H groups in total. The van der Waals surface area contributed by atoms with Crippen LogP contribution in [0.5, 0.6) is 0 Å². The topological polar surface area (TPSA) is 101 Å². The molecule has 7 heteroatoms. The predicted molar refractivity (Wildman–Crippen MR) is 106 cm³/mol. The van der Waals surface area contributed by atoms with Gasteiger partial charge in [0.1, 0.15) is 0 Å². The van der Waals surface area contributed by atoms with Crippen LogP contribution in [0.4, 0.5) is 10.5 Å². The summed E-state index contributed by atoms with van der Waals surface area (Å²) in [6.07, 6.45) is 2.91. The number of primary sulfonamides is 1. The molecule has 0 aromatic heterocycles. The lowest BCUT2D eigenvalue weighted by Crippen LogP contribution is -2.46. The van der Waals surface area contributed by atoms with Crippen molar-refractivity contribution in [2.24, 2.45) is 11.1 Å². The summed E-state index contributed by atoms with van der Waals surface area (Å²) in [6.45, 7) is 3.99. The van der Waals surface area contributed by atoms with Gasteiger partial charge in [0.05, 0.1) is 4.90 Å². The zero-order chi connectivity index (χ0) is 19.7. The van der Waals surface area contributed by atoms with Crippen molar-refractivity contribution in [1.82, 2.24) is 5.32 Å². The van der Waals surface area contributed by atoms with Crippen LogP contribution in [0.3, 0.4) is 0 Å². The fraction of sp³-hybridized carbons (Fsp3) is 0.350. The van der Waals surface area contributed by atoms with Crippen molar-refractivity contribution in [2.75, 3.05) is 5.32 Å². The molecule has 3 rings (SSSR count). The molecule has 0 spiro atoms. The van der Waals surface area contributed by atoms with Gasteiger partial charge in [-0.1, -0.05) is 30.3 Å². The van der Waals surface area contributed by atoms with Crippen molar-refractivity contribution in [2.45, 2.75) is 43.5 Å². The Morgan fingerprint density at radius 1 is 1.11 bits per heavy atom. The van der Waals surface area contributed by atoms with E-state index in [2.05, 4.69) is 34.9 Å². The van der Waals surface area contributed by atoms with E-state index in [0.29, 0.717) is 11.6 Å². The van der Waals surface area contributed by atoms with Gasteiger partial charge in [-0.2, -0.15) is 0 Å². The third-order valence-corrected chi connectivity index (χ3v) is 5.72. The third-order valence-electron chi connectivity index (χ3n) is 4.81. The van der Waals surface area contributed by atoms with E-state index < -0.39 is 15.6 Å². The van der Waals surface area contributed by atoms with Gasteiger partial charge in [0, 0.05) is 11.2 Å². The predicted octanol–water partition coefficient (Wildman–Crippen LogP) is 3.04. The van der Waals surface area contributed by atoms with E-state index in [9.17, 15) is 13.2 Å². The number of nitrogens with two attached hydrogens (primary N) is 1. The Hall–Kier alpha value is -2.38. The molecule has 0 saturated carbocycles. The van der Waals surface area contributed by atoms with Crippen LogP contribution in [0.25, 0.3) is 0 Å². The minimum absolute atomic E-state index is 0.0386. The fourth-order valence-electron chi connectivity index (χ4n) is 3.79. The van der Waals surface area contributed by atoms with E-state index in [-0.39, 0.29) is 10.9 Å². The number of anilines is 1. The SMILES string of the molecule is CC(C)(CC1Cc2ccccc2C1)NC(=O)Nc1cccc(S(N)(=O)=O)c1. The van der Waals surface area contributed by atoms with Crippen LogP contribution in [0.15, 0.2) is 53.4 Å². The maximum absolute atomic E-state index is 12.4. The smallest absolute Gasteiger partial charge is 0.319 e. The second kappa shape index (κ2) is 7.32. The van der Waals surface area contributed by atoms with Crippen LogP contribution in [-0.4, -0.2) is 20.0 Å². The van der Waals surface area contributed by atoms with Gasteiger partial charge in [-0.05, 0) is 68.4 Å². The van der Waals surface area contributed by atoms with Crippen molar-refractivity contribution in [3.8, 4) is 0 Å². The number of hydrogen-bond acceptors (Lipinski definition) is 3. The first-order valence-electron chi connectivity index (χ1n) is 8.91. The van der Waals surface area contributed by atoms with Crippen LogP contribution >= 0.6 is 0 Å². The van der Waals surface area contributed by atoms with Gasteiger partial charge in [-0.3, -0.25) is 0 Å². The van der Waals surface area contributed by atoms with Crippen molar-refractivity contribution >= 4 is 21.7 Å². The fourth-order valence-corrected chi connectivity index (χ4v) is 4.35. The highest BCUT2D eigenvalue weighted by atomic mass is 32.2. The standard InChI is InChI=1S/C20H25N3O3S/c1-20(2,13-14-10-15-6-3-4-7-16(15)11-14)23-19(24)22-17-8-5-9-18(12-17)27(21,25)26/h3-9,12,14H,10-11,13H2,1-2H3,(H2,21,25,26)(H2,22,23,24). The van der Waals surface area contributed by atoms with E-state index >= 15 is 0 Å². The van der Waals surface area contributed by atoms with E-state index in [1.807, 2.05) is 13.8 Å². The minimum atomic E-state index is -3.81. The van der Waals surface area contributed by atoms with Gasteiger partial charge < -0.3 is 10.6 Å². The Morgan fingerprint density at radius 3 is 2.33 bits per heavy atom. The summed E-state index contributed by atoms with van der Waals surface area (Å²) >= 11 is 0. The van der Waals surface area contributed by atoms with Crippen molar-refractivity contribution in [3.63, 3.8) is 0 Å². The average molecular weight is 388 g/mol. The van der Waals surface area contributed by atoms with Crippen LogP contribution in [0.1, 0.15) is 31.4 Å². The van der Waals surface area contributed by atoms with Gasteiger partial charge in [-0.15, -0.1) is 0 Å². The second-order valence-corrected chi connectivity index (χ2v) is 9.34. The summed E-state index contributed by atoms with van der Waals surface area (Å²) in [6, 6.07) is 14.0. The monoisotopic (exact) mass is 387 g/mol. The van der Waals surface area contributed by atoms with Gasteiger partial charge >= 0.3 is 6.03 Å². The van der Waals surface area contributed by atoms with Gasteiger partial charge in [0.15, 0.2) is 0 Å². The second-order valence-electron chi connectivity index (χ2n) is 7.78. The Morgan fingerprint density at radius 2 is 1.74 bits per heavy atom. The summed E-state index contributed by atoms with van der Waals surface area (Å²) in [5.41, 5.74) is 2.77. The van der Waals surface area contributed by atoms with E-state index in [4.69, 9.17) is 5.14 Å². The first kappa shape index (κ1) is 19.4. The lowest BCUT2D eigenvalue weighted by atomic mass is 9.89. The Bertz CT molecular complexity index is 929. The molecule has 0 fully saturated rings. The summed E-state index contributed by atoms with van der Waals surface area (Å²) in [5, 5.41) is 10.8. The maximum atomic E-state index is 12.4. The Balaban J connectivity index is 1.59. The third kappa shape index (κ3) is 5.08. The summed E-state index contributed by atoms with van der Waals surface area (Å²) in [7, 11) is -3.81. The van der Waals surface area contributed by atoms with Crippen molar-refractivity contribution in [3.05, 3.63) is 59.7 Å². The first-order chi connectivity index (χ1) is 12.6. The molecule has 0 radical (unpaired) electrons. The summed E-state index contributed by atoms with van der Waals surface area (Å²) in [4.78, 5) is 12.3. The molecule has 2 aromatic carbocycles. The van der Waals surface area contributed by atoms with Crippen molar-refractivity contribution < 1.29 is 13.2 Å². The molecule has 0 bridgehead atoms. The molecule has 27 heavy (non-hydrogen) atoms. The number of sulfonamides is 1. The molecule has 0 saturated heterocycles. The number of fused-ring (bicyclic) bond motifs is 1. The zero-order valence-electron chi connectivity index (χ0n) is 15.5. The van der Waals surface area contributed by atoms with Gasteiger partial charge in [0.25, 0.3) is 0 Å². The van der Waals surface area contributed by atoms with E-state index in [0.717, 1.165) is 19.3 Å². The van der Waals surface area contributed by atoms with Gasteiger partial charge in [0.2, 0.25) is 10.0 Å². The van der Waals surface area contributed by atoms with Crippen LogP contribution in [0, 0.1) is 5.92 Å². The number of rotatable bonds is 5. The zero-order valence-corrected chi connectivity index (χ0v) is 16.3. The summed E-state index contributed by atoms with van der Waals surface area (Å²) in [5.74, 6) is 0.489. The normalized spacial score (nSPS) is 14.6. The minimum Gasteiger partial charge on any atom is -0.333 e. The summed E-state index contributed by atoms with van der Waals surface area (Å²) < 4.78 is 22.9. The van der Waals surface area contributed by atoms with Crippen LogP contribution < -0.4 is 15.8 Å². The highest BCUT2D eigenvalue weighted by molar-refractivity contribution is 7.89. The molecule has 0 aliphatic heterocycles. The van der Waals surface area contributed by atoms with Gasteiger partial charge in [-0.25, -0.2) is 18.4 Å². The average Bonchev–Trinajstić information content (AvgIpc) is 2.94. The number of nitrogens with one attached hydrogen (secondary N) is 2. The molecule has 1 aliphatic carbocycles. The number of benzene rings is 2. The molecule has 0 atom stereocenters. The molecule has 1 aliphatic rings. The number of carbonyl (C=O) groups is 1. The lowest BCUT2D eigenvalue weighted by Gasteiger charge is -2.29. The lowest BCUT2D eigenvalue weighted by molar-refractivity contribution is 0.234. The quantitative estimate of drug-likeness (QED) is 0.735. The molecule has 6 nitrogen and oxygen atoms in total. The number of carbonyl (C=O) groups excluding carboxylic acids is 1. The molecule has 144 valence electrons. The van der Waals surface area contributed by atoms with Crippen LogP contribution in [0.2, 0.25) is 0 Å². The van der Waals surface area contributed by atoms with E-state index in [1.165, 1.54) is 29.3 Å². The number of amides is 2. The number of hydrogen-bond donors (Lipinski definition) is 3. The molecule has 2 amide bonds. The highest BCUT2D eigenvalue weighted by Gasteiger charge is 2.29. The Kier molecular flexibility index (Phi) is 5.26. The molecule has 0 heterocycles. The first-order valence-corrected chi connectivity index (χ1v) is 10.5. The maximum Gasteiger partial charge on any atom is 0.319 e. The molecular formula is C20H25N3O3S. The molecule has 0 unspecified atom stereocenters. The van der Waals surface area contributed by atoms with Crippen molar-refractivity contribution in [1.29, 1.82) is 0 Å². The Labute approximate surface area is 160 Å². The highest BCUT2D eigenvalue weighted by Crippen LogP contribution is 2.31. The van der Waals surface area contributed by atoms with E-state index in [1.54, 1.807) is 6.07 Å².